The van der Waals surface area contributed by atoms with E-state index in [1.807, 2.05) is 46.9 Å². The fourth-order valence-corrected chi connectivity index (χ4v) is 2.49. The molecule has 0 aliphatic carbocycles. The van der Waals surface area contributed by atoms with Crippen LogP contribution in [-0.4, -0.2) is 9.97 Å². The van der Waals surface area contributed by atoms with E-state index in [0.717, 1.165) is 9.37 Å². The smallest absolute Gasteiger partial charge is 0.264 e. The highest BCUT2D eigenvalue weighted by molar-refractivity contribution is 14.1. The van der Waals surface area contributed by atoms with Crippen LogP contribution in [0, 0.1) is 3.57 Å². The summed E-state index contributed by atoms with van der Waals surface area (Å²) >= 11 is 7.00. The molecule has 0 saturated heterocycles. The van der Waals surface area contributed by atoms with Gasteiger partial charge in [0.25, 0.3) is 5.56 Å². The standard InChI is InChI=1S/C11H8BrIN2OS/c12-7-1-3-8(4-2-7)17-6-10-14-5-9(13)11(16)15-10/h1-5H,6H2,(H,14,15,16). The van der Waals surface area contributed by atoms with Crippen molar-refractivity contribution in [1.82, 2.24) is 9.97 Å². The topological polar surface area (TPSA) is 45.8 Å². The molecule has 1 aromatic carbocycles. The van der Waals surface area contributed by atoms with E-state index in [1.165, 1.54) is 0 Å². The molecule has 88 valence electrons. The van der Waals surface area contributed by atoms with E-state index in [9.17, 15) is 4.79 Å². The molecule has 1 heterocycles. The molecular weight excluding hydrogens is 415 g/mol. The zero-order valence-electron chi connectivity index (χ0n) is 8.61. The van der Waals surface area contributed by atoms with Gasteiger partial charge in [0.05, 0.1) is 9.32 Å². The second-order valence-corrected chi connectivity index (χ2v) is 6.38. The quantitative estimate of drug-likeness (QED) is 0.608. The van der Waals surface area contributed by atoms with Crippen LogP contribution in [0.25, 0.3) is 0 Å². The minimum Gasteiger partial charge on any atom is -0.309 e. The Morgan fingerprint density at radius 1 is 1.35 bits per heavy atom. The first-order valence-electron chi connectivity index (χ1n) is 4.77. The molecule has 1 aromatic heterocycles. The molecule has 0 radical (unpaired) electrons. The van der Waals surface area contributed by atoms with Gasteiger partial charge in [0.1, 0.15) is 5.82 Å². The number of aromatic nitrogens is 2. The van der Waals surface area contributed by atoms with Gasteiger partial charge in [-0.3, -0.25) is 4.79 Å². The third-order valence-electron chi connectivity index (χ3n) is 2.00. The maximum Gasteiger partial charge on any atom is 0.264 e. The number of H-pyrrole nitrogens is 1. The van der Waals surface area contributed by atoms with Gasteiger partial charge >= 0.3 is 0 Å². The van der Waals surface area contributed by atoms with Crippen molar-refractivity contribution >= 4 is 50.3 Å². The van der Waals surface area contributed by atoms with E-state index < -0.39 is 0 Å². The minimum atomic E-state index is -0.0768. The van der Waals surface area contributed by atoms with Crippen LogP contribution in [0.1, 0.15) is 5.82 Å². The Balaban J connectivity index is 2.04. The van der Waals surface area contributed by atoms with Gasteiger partial charge in [0.2, 0.25) is 0 Å². The Kier molecular flexibility index (Phi) is 4.63. The molecule has 6 heteroatoms. The summed E-state index contributed by atoms with van der Waals surface area (Å²) in [5.74, 6) is 1.36. The average molecular weight is 423 g/mol. The lowest BCUT2D eigenvalue weighted by Gasteiger charge is -2.01. The number of nitrogens with zero attached hydrogens (tertiary/aromatic N) is 1. The lowest BCUT2D eigenvalue weighted by atomic mass is 10.4. The second-order valence-electron chi connectivity index (χ2n) is 3.25. The molecule has 2 aromatic rings. The second kappa shape index (κ2) is 6.01. The molecule has 0 fully saturated rings. The number of benzene rings is 1. The number of rotatable bonds is 3. The molecule has 0 amide bonds. The summed E-state index contributed by atoms with van der Waals surface area (Å²) in [4.78, 5) is 19.5. The lowest BCUT2D eigenvalue weighted by molar-refractivity contribution is 0.989. The third-order valence-corrected chi connectivity index (χ3v) is 4.32. The Morgan fingerprint density at radius 2 is 2.06 bits per heavy atom. The Morgan fingerprint density at radius 3 is 2.71 bits per heavy atom. The summed E-state index contributed by atoms with van der Waals surface area (Å²) in [6.07, 6.45) is 1.59. The average Bonchev–Trinajstić information content (AvgIpc) is 2.33. The van der Waals surface area contributed by atoms with Crippen LogP contribution in [0.5, 0.6) is 0 Å². The molecule has 0 spiro atoms. The fraction of sp³-hybridized carbons (Fsp3) is 0.0909. The first kappa shape index (κ1) is 13.1. The summed E-state index contributed by atoms with van der Waals surface area (Å²) in [6.45, 7) is 0. The number of hydrogen-bond donors (Lipinski definition) is 1. The number of aromatic amines is 1. The van der Waals surface area contributed by atoms with Crippen molar-refractivity contribution in [3.05, 3.63) is 54.7 Å². The molecular formula is C11H8BrIN2OS. The van der Waals surface area contributed by atoms with E-state index in [1.54, 1.807) is 18.0 Å². The van der Waals surface area contributed by atoms with E-state index in [-0.39, 0.29) is 5.56 Å². The van der Waals surface area contributed by atoms with Gasteiger partial charge in [-0.05, 0) is 46.9 Å². The maximum atomic E-state index is 11.4. The van der Waals surface area contributed by atoms with Gasteiger partial charge in [-0.15, -0.1) is 11.8 Å². The summed E-state index contributed by atoms with van der Waals surface area (Å²) in [5, 5.41) is 0. The van der Waals surface area contributed by atoms with Crippen LogP contribution in [0.2, 0.25) is 0 Å². The van der Waals surface area contributed by atoms with Crippen LogP contribution in [0.4, 0.5) is 0 Å². The molecule has 1 N–H and O–H groups in total. The van der Waals surface area contributed by atoms with Crippen molar-refractivity contribution in [2.45, 2.75) is 10.6 Å². The number of nitrogens with one attached hydrogen (secondary N) is 1. The molecule has 3 nitrogen and oxygen atoms in total. The van der Waals surface area contributed by atoms with Gasteiger partial charge in [-0.25, -0.2) is 4.98 Å². The zero-order chi connectivity index (χ0) is 12.3. The Labute approximate surface area is 125 Å². The summed E-state index contributed by atoms with van der Waals surface area (Å²) in [5.41, 5.74) is -0.0768. The van der Waals surface area contributed by atoms with E-state index in [4.69, 9.17) is 0 Å². The molecule has 17 heavy (non-hydrogen) atoms. The lowest BCUT2D eigenvalue weighted by Crippen LogP contribution is -2.12. The predicted octanol–water partition coefficient (Wildman–Crippen LogP) is 3.43. The molecule has 0 bridgehead atoms. The van der Waals surface area contributed by atoms with Crippen molar-refractivity contribution in [3.8, 4) is 0 Å². The Hall–Kier alpha value is -0.340. The van der Waals surface area contributed by atoms with Gasteiger partial charge < -0.3 is 4.98 Å². The number of hydrogen-bond acceptors (Lipinski definition) is 3. The number of halogens is 2. The normalized spacial score (nSPS) is 10.5. The SMILES string of the molecule is O=c1[nH]c(CSc2ccc(Br)cc2)ncc1I. The van der Waals surface area contributed by atoms with Crippen molar-refractivity contribution < 1.29 is 0 Å². The van der Waals surface area contributed by atoms with E-state index in [2.05, 4.69) is 25.9 Å². The largest absolute Gasteiger partial charge is 0.309 e. The molecule has 2 rings (SSSR count). The van der Waals surface area contributed by atoms with Gasteiger partial charge in [0, 0.05) is 15.6 Å². The van der Waals surface area contributed by atoms with Crippen molar-refractivity contribution in [1.29, 1.82) is 0 Å². The predicted molar refractivity (Wildman–Crippen MR) is 81.3 cm³/mol. The first-order valence-corrected chi connectivity index (χ1v) is 7.63. The van der Waals surface area contributed by atoms with Crippen molar-refractivity contribution in [2.75, 3.05) is 0 Å². The highest BCUT2D eigenvalue weighted by Crippen LogP contribution is 2.22. The van der Waals surface area contributed by atoms with Crippen LogP contribution < -0.4 is 5.56 Å². The van der Waals surface area contributed by atoms with E-state index >= 15 is 0 Å². The van der Waals surface area contributed by atoms with Gasteiger partial charge in [-0.1, -0.05) is 15.9 Å². The number of thioether (sulfide) groups is 1. The first-order chi connectivity index (χ1) is 8.15. The van der Waals surface area contributed by atoms with E-state index in [0.29, 0.717) is 15.1 Å². The van der Waals surface area contributed by atoms with Crippen LogP contribution in [0.15, 0.2) is 44.6 Å². The summed E-state index contributed by atoms with van der Waals surface area (Å²) in [6, 6.07) is 8.04. The summed E-state index contributed by atoms with van der Waals surface area (Å²) in [7, 11) is 0. The summed E-state index contributed by atoms with van der Waals surface area (Å²) < 4.78 is 1.67. The fourth-order valence-electron chi connectivity index (χ4n) is 1.17. The molecule has 0 aliphatic rings. The monoisotopic (exact) mass is 422 g/mol. The molecule has 0 unspecified atom stereocenters. The van der Waals surface area contributed by atoms with Crippen LogP contribution in [0.3, 0.4) is 0 Å². The minimum absolute atomic E-state index is 0.0768. The van der Waals surface area contributed by atoms with Crippen molar-refractivity contribution in [2.24, 2.45) is 0 Å². The molecule has 0 saturated carbocycles. The molecule has 0 atom stereocenters. The third kappa shape index (κ3) is 3.82. The maximum absolute atomic E-state index is 11.4. The Bertz CT molecular complexity index is 570. The molecule has 0 aliphatic heterocycles. The zero-order valence-corrected chi connectivity index (χ0v) is 13.2. The van der Waals surface area contributed by atoms with Crippen molar-refractivity contribution in [3.63, 3.8) is 0 Å². The van der Waals surface area contributed by atoms with Gasteiger partial charge in [-0.2, -0.15) is 0 Å². The highest BCUT2D eigenvalue weighted by Gasteiger charge is 2.01. The van der Waals surface area contributed by atoms with Crippen LogP contribution >= 0.6 is 50.3 Å². The van der Waals surface area contributed by atoms with Gasteiger partial charge in [0.15, 0.2) is 0 Å². The van der Waals surface area contributed by atoms with Crippen LogP contribution in [-0.2, 0) is 5.75 Å². The highest BCUT2D eigenvalue weighted by atomic mass is 127.